The molecule has 0 aliphatic heterocycles. The van der Waals surface area contributed by atoms with Crippen LogP contribution >= 0.6 is 0 Å². The third-order valence-corrected chi connectivity index (χ3v) is 3.75. The van der Waals surface area contributed by atoms with Gasteiger partial charge in [-0.3, -0.25) is 4.79 Å². The molecule has 0 spiro atoms. The lowest BCUT2D eigenvalue weighted by Gasteiger charge is -2.11. The highest BCUT2D eigenvalue weighted by atomic mass is 16.5. The molecule has 0 aromatic carbocycles. The molecule has 0 heterocycles. The van der Waals surface area contributed by atoms with E-state index in [-0.39, 0.29) is 12.0 Å². The van der Waals surface area contributed by atoms with E-state index in [0.29, 0.717) is 13.0 Å². The summed E-state index contributed by atoms with van der Waals surface area (Å²) in [5.74, 6) is -0.0528. The zero-order valence-electron chi connectivity index (χ0n) is 13.9. The second kappa shape index (κ2) is 15.8. The predicted octanol–water partition coefficient (Wildman–Crippen LogP) is 3.52. The lowest BCUT2D eigenvalue weighted by Crippen LogP contribution is -2.19. The SMILES string of the molecule is CCCCCCOC(=O)CCCCC(N)CCCCCN. The van der Waals surface area contributed by atoms with Crippen LogP contribution in [0.2, 0.25) is 0 Å². The van der Waals surface area contributed by atoms with Gasteiger partial charge in [0.05, 0.1) is 6.61 Å². The van der Waals surface area contributed by atoms with Crippen molar-refractivity contribution < 1.29 is 9.53 Å². The van der Waals surface area contributed by atoms with Crippen molar-refractivity contribution in [1.29, 1.82) is 0 Å². The van der Waals surface area contributed by atoms with Gasteiger partial charge in [0.2, 0.25) is 0 Å². The first-order chi connectivity index (χ1) is 10.2. The lowest BCUT2D eigenvalue weighted by atomic mass is 10.0. The summed E-state index contributed by atoms with van der Waals surface area (Å²) in [6, 6.07) is 0.271. The van der Waals surface area contributed by atoms with Gasteiger partial charge in [-0.2, -0.15) is 0 Å². The Hall–Kier alpha value is -0.610. The van der Waals surface area contributed by atoms with Gasteiger partial charge in [0, 0.05) is 12.5 Å². The van der Waals surface area contributed by atoms with Crippen molar-refractivity contribution in [1.82, 2.24) is 0 Å². The minimum Gasteiger partial charge on any atom is -0.466 e. The smallest absolute Gasteiger partial charge is 0.305 e. The van der Waals surface area contributed by atoms with Crippen LogP contribution in [0.4, 0.5) is 0 Å². The molecule has 0 bridgehead atoms. The normalized spacial score (nSPS) is 12.3. The Morgan fingerprint density at radius 2 is 1.62 bits per heavy atom. The second-order valence-corrected chi connectivity index (χ2v) is 5.93. The van der Waals surface area contributed by atoms with E-state index in [2.05, 4.69) is 6.92 Å². The molecule has 1 atom stereocenters. The van der Waals surface area contributed by atoms with E-state index >= 15 is 0 Å². The fourth-order valence-corrected chi connectivity index (χ4v) is 2.33. The second-order valence-electron chi connectivity index (χ2n) is 5.93. The summed E-state index contributed by atoms with van der Waals surface area (Å²) in [6.07, 6.45) is 12.5. The van der Waals surface area contributed by atoms with Crippen LogP contribution in [0.25, 0.3) is 0 Å². The average molecular weight is 300 g/mol. The minimum absolute atomic E-state index is 0.0528. The van der Waals surface area contributed by atoms with Crippen LogP contribution in [0.3, 0.4) is 0 Å². The number of unbranched alkanes of at least 4 members (excludes halogenated alkanes) is 6. The number of carbonyl (C=O) groups excluding carboxylic acids is 1. The van der Waals surface area contributed by atoms with Crippen molar-refractivity contribution in [3.8, 4) is 0 Å². The number of hydrogen-bond acceptors (Lipinski definition) is 4. The van der Waals surface area contributed by atoms with Gasteiger partial charge in [0.25, 0.3) is 0 Å². The van der Waals surface area contributed by atoms with E-state index in [0.717, 1.165) is 57.9 Å². The molecule has 0 rings (SSSR count). The Morgan fingerprint density at radius 3 is 2.29 bits per heavy atom. The number of ether oxygens (including phenoxy) is 1. The highest BCUT2D eigenvalue weighted by Gasteiger charge is 2.05. The van der Waals surface area contributed by atoms with Gasteiger partial charge >= 0.3 is 5.97 Å². The third kappa shape index (κ3) is 15.6. The van der Waals surface area contributed by atoms with Crippen LogP contribution in [0, 0.1) is 0 Å². The van der Waals surface area contributed by atoms with Crippen LogP contribution in [0.1, 0.15) is 84.0 Å². The molecule has 0 aliphatic carbocycles. The quantitative estimate of drug-likeness (QED) is 0.358. The first-order valence-corrected chi connectivity index (χ1v) is 8.82. The van der Waals surface area contributed by atoms with Gasteiger partial charge in [-0.25, -0.2) is 0 Å². The van der Waals surface area contributed by atoms with Crippen LogP contribution < -0.4 is 11.5 Å². The molecule has 4 heteroatoms. The average Bonchev–Trinajstić information content (AvgIpc) is 2.48. The molecule has 0 saturated heterocycles. The van der Waals surface area contributed by atoms with Gasteiger partial charge in [0.15, 0.2) is 0 Å². The molecule has 21 heavy (non-hydrogen) atoms. The highest BCUT2D eigenvalue weighted by Crippen LogP contribution is 2.09. The summed E-state index contributed by atoms with van der Waals surface area (Å²) in [4.78, 5) is 11.5. The Kier molecular flexibility index (Phi) is 15.3. The molecule has 126 valence electrons. The molecule has 1 unspecified atom stereocenters. The molecule has 4 nitrogen and oxygen atoms in total. The van der Waals surface area contributed by atoms with Gasteiger partial charge in [-0.15, -0.1) is 0 Å². The van der Waals surface area contributed by atoms with E-state index in [4.69, 9.17) is 16.2 Å². The van der Waals surface area contributed by atoms with Crippen molar-refractivity contribution in [3.05, 3.63) is 0 Å². The molecular formula is C17H36N2O2. The highest BCUT2D eigenvalue weighted by molar-refractivity contribution is 5.69. The van der Waals surface area contributed by atoms with Gasteiger partial charge in [0.1, 0.15) is 0 Å². The Labute approximate surface area is 131 Å². The Bertz CT molecular complexity index is 235. The van der Waals surface area contributed by atoms with E-state index < -0.39 is 0 Å². The topological polar surface area (TPSA) is 78.3 Å². The maximum Gasteiger partial charge on any atom is 0.305 e. The fraction of sp³-hybridized carbons (Fsp3) is 0.941. The first-order valence-electron chi connectivity index (χ1n) is 8.82. The van der Waals surface area contributed by atoms with Crippen LogP contribution in [0.5, 0.6) is 0 Å². The number of nitrogens with two attached hydrogens (primary N) is 2. The third-order valence-electron chi connectivity index (χ3n) is 3.75. The molecule has 0 aromatic heterocycles. The molecule has 0 radical (unpaired) electrons. The van der Waals surface area contributed by atoms with E-state index in [1.165, 1.54) is 19.3 Å². The minimum atomic E-state index is -0.0528. The molecule has 0 amide bonds. The Balaban J connectivity index is 3.30. The molecule has 0 fully saturated rings. The summed E-state index contributed by atoms with van der Waals surface area (Å²) in [7, 11) is 0. The number of rotatable bonds is 15. The Morgan fingerprint density at radius 1 is 0.952 bits per heavy atom. The zero-order valence-corrected chi connectivity index (χ0v) is 13.9. The van der Waals surface area contributed by atoms with Crippen LogP contribution in [0.15, 0.2) is 0 Å². The zero-order chi connectivity index (χ0) is 15.8. The van der Waals surface area contributed by atoms with E-state index in [1.807, 2.05) is 0 Å². The summed E-state index contributed by atoms with van der Waals surface area (Å²) >= 11 is 0. The van der Waals surface area contributed by atoms with Crippen molar-refractivity contribution >= 4 is 5.97 Å². The predicted molar refractivity (Wildman–Crippen MR) is 89.1 cm³/mol. The molecule has 0 saturated carbocycles. The summed E-state index contributed by atoms with van der Waals surface area (Å²) < 4.78 is 5.21. The molecular weight excluding hydrogens is 264 g/mol. The van der Waals surface area contributed by atoms with Gasteiger partial charge in [-0.05, 0) is 38.6 Å². The van der Waals surface area contributed by atoms with Crippen molar-refractivity contribution in [2.45, 2.75) is 90.0 Å². The first kappa shape index (κ1) is 20.4. The monoisotopic (exact) mass is 300 g/mol. The molecule has 0 aliphatic rings. The van der Waals surface area contributed by atoms with E-state index in [1.54, 1.807) is 0 Å². The molecule has 4 N–H and O–H groups in total. The standard InChI is InChI=1S/C17H36N2O2/c1-2-3-4-10-15-21-17(20)13-8-7-12-16(19)11-6-5-9-14-18/h16H,2-15,18-19H2,1H3. The summed E-state index contributed by atoms with van der Waals surface area (Å²) in [5, 5.41) is 0. The summed E-state index contributed by atoms with van der Waals surface area (Å²) in [6.45, 7) is 3.53. The largest absolute Gasteiger partial charge is 0.466 e. The van der Waals surface area contributed by atoms with Gasteiger partial charge in [-0.1, -0.05) is 45.4 Å². The lowest BCUT2D eigenvalue weighted by molar-refractivity contribution is -0.143. The fourth-order valence-electron chi connectivity index (χ4n) is 2.33. The van der Waals surface area contributed by atoms with Gasteiger partial charge < -0.3 is 16.2 Å². The van der Waals surface area contributed by atoms with E-state index in [9.17, 15) is 4.79 Å². The number of esters is 1. The van der Waals surface area contributed by atoms with Crippen molar-refractivity contribution in [3.63, 3.8) is 0 Å². The van der Waals surface area contributed by atoms with Crippen molar-refractivity contribution in [2.24, 2.45) is 11.5 Å². The summed E-state index contributed by atoms with van der Waals surface area (Å²) in [5.41, 5.74) is 11.5. The molecule has 0 aromatic rings. The number of hydrogen-bond donors (Lipinski definition) is 2. The van der Waals surface area contributed by atoms with Crippen LogP contribution in [-0.2, 0) is 9.53 Å². The van der Waals surface area contributed by atoms with Crippen LogP contribution in [-0.4, -0.2) is 25.2 Å². The van der Waals surface area contributed by atoms with Crippen molar-refractivity contribution in [2.75, 3.05) is 13.2 Å². The maximum absolute atomic E-state index is 11.5. The number of carbonyl (C=O) groups is 1. The maximum atomic E-state index is 11.5.